The first-order valence-electron chi connectivity index (χ1n) is 13.2. The van der Waals surface area contributed by atoms with Gasteiger partial charge >= 0.3 is 5.97 Å². The van der Waals surface area contributed by atoms with E-state index in [9.17, 15) is 19.2 Å². The molecule has 0 bridgehead atoms. The number of anilines is 2. The van der Waals surface area contributed by atoms with Gasteiger partial charge in [0.1, 0.15) is 10.7 Å². The molecule has 3 amide bonds. The molecule has 0 saturated carbocycles. The lowest BCUT2D eigenvalue weighted by atomic mass is 9.99. The third kappa shape index (κ3) is 5.49. The Hall–Kier alpha value is -4.43. The summed E-state index contributed by atoms with van der Waals surface area (Å²) in [6.45, 7) is 3.47. The Kier molecular flexibility index (Phi) is 7.98. The van der Waals surface area contributed by atoms with Gasteiger partial charge in [-0.3, -0.25) is 14.4 Å². The number of carbonyl (C=O) groups excluding carboxylic acids is 4. The lowest BCUT2D eigenvalue weighted by Gasteiger charge is -2.29. The van der Waals surface area contributed by atoms with E-state index in [1.54, 1.807) is 29.2 Å². The van der Waals surface area contributed by atoms with Gasteiger partial charge in [0.25, 0.3) is 17.7 Å². The molecule has 2 aliphatic rings. The summed E-state index contributed by atoms with van der Waals surface area (Å²) in [5.74, 6) is -1.92. The summed E-state index contributed by atoms with van der Waals surface area (Å²) in [7, 11) is 0. The largest absolute Gasteiger partial charge is 0.462 e. The number of fused-ring (bicyclic) bond motifs is 1. The Bertz CT molecular complexity index is 1520. The normalized spacial score (nSPS) is 14.8. The van der Waals surface area contributed by atoms with E-state index in [0.29, 0.717) is 36.5 Å². The Morgan fingerprint density at radius 1 is 0.925 bits per heavy atom. The Labute approximate surface area is 237 Å². The predicted molar refractivity (Wildman–Crippen MR) is 152 cm³/mol. The quantitative estimate of drug-likeness (QED) is 0.230. The van der Waals surface area contributed by atoms with Crippen LogP contribution >= 0.6 is 11.6 Å². The van der Waals surface area contributed by atoms with Gasteiger partial charge in [-0.05, 0) is 66.4 Å². The van der Waals surface area contributed by atoms with Crippen molar-refractivity contribution in [1.29, 1.82) is 0 Å². The first-order valence-corrected chi connectivity index (χ1v) is 13.5. The molecule has 0 atom stereocenters. The van der Waals surface area contributed by atoms with Gasteiger partial charge in [-0.2, -0.15) is 0 Å². The number of rotatable bonds is 8. The fraction of sp³-hybridized carbons (Fsp3) is 0.226. The number of halogens is 1. The van der Waals surface area contributed by atoms with Crippen molar-refractivity contribution < 1.29 is 23.9 Å². The number of esters is 1. The van der Waals surface area contributed by atoms with Crippen LogP contribution in [-0.2, 0) is 27.3 Å². The first kappa shape index (κ1) is 27.1. The van der Waals surface area contributed by atoms with Crippen LogP contribution < -0.4 is 10.2 Å². The van der Waals surface area contributed by atoms with Gasteiger partial charge in [-0.25, -0.2) is 9.69 Å². The van der Waals surface area contributed by atoms with Gasteiger partial charge in [0.2, 0.25) is 0 Å². The highest BCUT2D eigenvalue weighted by Gasteiger charge is 2.39. The minimum absolute atomic E-state index is 0.0915. The van der Waals surface area contributed by atoms with E-state index in [2.05, 4.69) is 11.4 Å². The Morgan fingerprint density at radius 2 is 1.68 bits per heavy atom. The zero-order chi connectivity index (χ0) is 28.2. The zero-order valence-electron chi connectivity index (χ0n) is 22.0. The van der Waals surface area contributed by atoms with Crippen molar-refractivity contribution in [2.45, 2.75) is 32.7 Å². The topological polar surface area (TPSA) is 96.0 Å². The highest BCUT2D eigenvalue weighted by molar-refractivity contribution is 6.53. The van der Waals surface area contributed by atoms with Gasteiger partial charge in [0.05, 0.1) is 17.9 Å². The lowest BCUT2D eigenvalue weighted by molar-refractivity contribution is -0.120. The number of hydrogen-bond donors (Lipinski definition) is 1. The fourth-order valence-corrected chi connectivity index (χ4v) is 4.92. The second-order valence-electron chi connectivity index (χ2n) is 9.62. The second kappa shape index (κ2) is 11.8. The number of ether oxygens (including phenoxy) is 1. The molecule has 0 aliphatic carbocycles. The minimum atomic E-state index is -0.688. The maximum absolute atomic E-state index is 13.3. The van der Waals surface area contributed by atoms with Gasteiger partial charge < -0.3 is 15.0 Å². The molecular formula is C31H28ClN3O5. The van der Waals surface area contributed by atoms with E-state index in [0.717, 1.165) is 29.7 Å². The molecule has 9 heteroatoms. The van der Waals surface area contributed by atoms with E-state index in [1.807, 2.05) is 25.1 Å². The third-order valence-corrected chi connectivity index (χ3v) is 7.27. The molecule has 0 saturated heterocycles. The van der Waals surface area contributed by atoms with Crippen molar-refractivity contribution in [3.8, 4) is 0 Å². The van der Waals surface area contributed by atoms with Crippen LogP contribution in [0.2, 0.25) is 0 Å². The second-order valence-corrected chi connectivity index (χ2v) is 10.0. The maximum atomic E-state index is 13.3. The fourth-order valence-electron chi connectivity index (χ4n) is 4.71. The SMILES string of the molecule is CCCCOC(=O)c1ccc(N2C(=O)C(Cl)=C(Nc3cccc(C(=O)N4CCc5ccccc5C4)c3)C2=O)cc1. The smallest absolute Gasteiger partial charge is 0.338 e. The van der Waals surface area contributed by atoms with Crippen molar-refractivity contribution in [3.63, 3.8) is 0 Å². The molecule has 2 heterocycles. The Balaban J connectivity index is 1.28. The van der Waals surface area contributed by atoms with Crippen molar-refractivity contribution in [1.82, 2.24) is 4.90 Å². The average Bonchev–Trinajstić information content (AvgIpc) is 3.19. The molecule has 0 spiro atoms. The molecule has 0 aromatic heterocycles. The molecular weight excluding hydrogens is 530 g/mol. The highest BCUT2D eigenvalue weighted by Crippen LogP contribution is 2.31. The monoisotopic (exact) mass is 557 g/mol. The molecule has 1 N–H and O–H groups in total. The van der Waals surface area contributed by atoms with E-state index < -0.39 is 17.8 Å². The predicted octanol–water partition coefficient (Wildman–Crippen LogP) is 5.28. The summed E-state index contributed by atoms with van der Waals surface area (Å²) >= 11 is 6.30. The van der Waals surface area contributed by atoms with Crippen molar-refractivity contribution in [3.05, 3.63) is 106 Å². The molecule has 5 rings (SSSR count). The van der Waals surface area contributed by atoms with E-state index in [1.165, 1.54) is 29.8 Å². The highest BCUT2D eigenvalue weighted by atomic mass is 35.5. The molecule has 8 nitrogen and oxygen atoms in total. The standard InChI is InChI=1S/C31H28ClN3O5/c1-2-3-17-40-31(39)21-11-13-25(14-12-21)35-29(37)26(32)27(30(35)38)33-24-10-6-9-22(18-24)28(36)34-16-15-20-7-4-5-8-23(20)19-34/h4-14,18,33H,2-3,15-17,19H2,1H3. The summed E-state index contributed by atoms with van der Waals surface area (Å²) in [4.78, 5) is 54.3. The molecule has 3 aromatic rings. The zero-order valence-corrected chi connectivity index (χ0v) is 22.7. The van der Waals surface area contributed by atoms with Gasteiger partial charge in [-0.15, -0.1) is 0 Å². The molecule has 0 fully saturated rings. The van der Waals surface area contributed by atoms with Gasteiger partial charge in [0, 0.05) is 24.3 Å². The maximum Gasteiger partial charge on any atom is 0.338 e. The van der Waals surface area contributed by atoms with Crippen LogP contribution in [0.1, 0.15) is 51.6 Å². The molecule has 0 unspecified atom stereocenters. The molecule has 2 aliphatic heterocycles. The van der Waals surface area contributed by atoms with E-state index >= 15 is 0 Å². The molecule has 0 radical (unpaired) electrons. The number of hydrogen-bond acceptors (Lipinski definition) is 6. The van der Waals surface area contributed by atoms with Crippen molar-refractivity contribution in [2.75, 3.05) is 23.4 Å². The summed E-state index contributed by atoms with van der Waals surface area (Å²) in [5.41, 5.74) is 3.77. The van der Waals surface area contributed by atoms with Crippen LogP contribution in [0.4, 0.5) is 11.4 Å². The summed E-state index contributed by atoms with van der Waals surface area (Å²) in [5, 5.41) is 2.67. The average molecular weight is 558 g/mol. The summed E-state index contributed by atoms with van der Waals surface area (Å²) < 4.78 is 5.20. The van der Waals surface area contributed by atoms with E-state index in [4.69, 9.17) is 16.3 Å². The molecule has 40 heavy (non-hydrogen) atoms. The van der Waals surface area contributed by atoms with Crippen LogP contribution in [0, 0.1) is 0 Å². The number of amides is 3. The van der Waals surface area contributed by atoms with Crippen LogP contribution in [-0.4, -0.2) is 41.7 Å². The number of unbranched alkanes of at least 4 members (excludes halogenated alkanes) is 1. The van der Waals surface area contributed by atoms with Crippen LogP contribution in [0.25, 0.3) is 0 Å². The van der Waals surface area contributed by atoms with Crippen LogP contribution in [0.15, 0.2) is 83.5 Å². The van der Waals surface area contributed by atoms with Gasteiger partial charge in [-0.1, -0.05) is 55.3 Å². The van der Waals surface area contributed by atoms with Crippen LogP contribution in [0.3, 0.4) is 0 Å². The number of carbonyl (C=O) groups is 4. The van der Waals surface area contributed by atoms with Crippen molar-refractivity contribution in [2.24, 2.45) is 0 Å². The minimum Gasteiger partial charge on any atom is -0.462 e. The van der Waals surface area contributed by atoms with Crippen molar-refractivity contribution >= 4 is 46.7 Å². The molecule has 204 valence electrons. The molecule has 3 aromatic carbocycles. The lowest BCUT2D eigenvalue weighted by Crippen LogP contribution is -2.36. The third-order valence-electron chi connectivity index (χ3n) is 6.92. The van der Waals surface area contributed by atoms with Crippen LogP contribution in [0.5, 0.6) is 0 Å². The Morgan fingerprint density at radius 3 is 2.42 bits per heavy atom. The number of benzene rings is 3. The van der Waals surface area contributed by atoms with Gasteiger partial charge in [0.15, 0.2) is 0 Å². The number of imide groups is 1. The first-order chi connectivity index (χ1) is 19.4. The summed E-state index contributed by atoms with van der Waals surface area (Å²) in [6.07, 6.45) is 2.46. The summed E-state index contributed by atoms with van der Waals surface area (Å²) in [6, 6.07) is 20.8. The van der Waals surface area contributed by atoms with E-state index in [-0.39, 0.29) is 22.3 Å². The number of nitrogens with one attached hydrogen (secondary N) is 1. The number of nitrogens with zero attached hydrogens (tertiary/aromatic N) is 2.